The van der Waals surface area contributed by atoms with Crippen molar-refractivity contribution in [1.82, 2.24) is 4.90 Å². The predicted molar refractivity (Wildman–Crippen MR) is 82.7 cm³/mol. The number of benzene rings is 1. The highest BCUT2D eigenvalue weighted by Gasteiger charge is 2.43. The van der Waals surface area contributed by atoms with Crippen LogP contribution in [0.4, 0.5) is 0 Å². The molecule has 114 valence electrons. The Hall–Kier alpha value is -1.08. The highest BCUT2D eigenvalue weighted by atomic mass is 35.5. The average molecular weight is 311 g/mol. The fraction of sp³-hybridized carbons (Fsp3) is 0.500. The molecular weight excluding hydrogens is 290 g/mol. The van der Waals surface area contributed by atoms with Crippen LogP contribution < -0.4 is 5.73 Å². The van der Waals surface area contributed by atoms with Crippen molar-refractivity contribution in [3.8, 4) is 0 Å². The molecule has 1 aromatic rings. The Balaban J connectivity index is 0.00000161. The second-order valence-electron chi connectivity index (χ2n) is 5.69. The third-order valence-corrected chi connectivity index (χ3v) is 4.53. The van der Waals surface area contributed by atoms with Crippen LogP contribution >= 0.6 is 12.4 Å². The number of carbonyl (C=O) groups is 1. The average Bonchev–Trinajstić information content (AvgIpc) is 3.04. The van der Waals surface area contributed by atoms with Gasteiger partial charge in [-0.25, -0.2) is 0 Å². The van der Waals surface area contributed by atoms with Crippen molar-refractivity contribution in [3.63, 3.8) is 0 Å². The van der Waals surface area contributed by atoms with Crippen molar-refractivity contribution < 1.29 is 14.8 Å². The summed E-state index contributed by atoms with van der Waals surface area (Å²) in [5.41, 5.74) is 8.37. The number of hydrogen-bond donors (Lipinski definition) is 3. The molecule has 1 amide bonds. The van der Waals surface area contributed by atoms with Gasteiger partial charge in [0.15, 0.2) is 0 Å². The minimum Gasteiger partial charge on any atom is -0.426 e. The van der Waals surface area contributed by atoms with Gasteiger partial charge in [0.25, 0.3) is 0 Å². The molecule has 0 aromatic heterocycles. The van der Waals surface area contributed by atoms with Gasteiger partial charge < -0.3 is 20.7 Å². The molecule has 1 fully saturated rings. The molecule has 1 aliphatic carbocycles. The van der Waals surface area contributed by atoms with E-state index >= 15 is 0 Å². The van der Waals surface area contributed by atoms with Gasteiger partial charge in [-0.1, -0.05) is 24.3 Å². The molecular formula is C14H20BClN2O3. The van der Waals surface area contributed by atoms with Gasteiger partial charge in [-0.15, -0.1) is 12.4 Å². The number of nitrogens with two attached hydrogens (primary N) is 1. The largest absolute Gasteiger partial charge is 0.475 e. The van der Waals surface area contributed by atoms with Crippen molar-refractivity contribution in [1.29, 1.82) is 0 Å². The molecule has 3 rings (SSSR count). The van der Waals surface area contributed by atoms with Crippen LogP contribution in [0.25, 0.3) is 0 Å². The van der Waals surface area contributed by atoms with Crippen LogP contribution in [0.5, 0.6) is 0 Å². The van der Waals surface area contributed by atoms with E-state index in [1.807, 2.05) is 24.3 Å². The number of nitrogens with zero attached hydrogens (tertiary/aromatic N) is 1. The summed E-state index contributed by atoms with van der Waals surface area (Å²) < 4.78 is 0. The topological polar surface area (TPSA) is 86.8 Å². The van der Waals surface area contributed by atoms with E-state index < -0.39 is 13.1 Å². The number of likely N-dealkylation sites (tertiary alicyclic amines) is 1. The van der Waals surface area contributed by atoms with E-state index in [4.69, 9.17) is 5.73 Å². The van der Waals surface area contributed by atoms with Crippen LogP contribution in [-0.2, 0) is 11.2 Å². The first-order valence-electron chi connectivity index (χ1n) is 7.09. The Kier molecular flexibility index (Phi) is 4.93. The highest BCUT2D eigenvalue weighted by Crippen LogP contribution is 2.36. The lowest BCUT2D eigenvalue weighted by Crippen LogP contribution is -2.48. The summed E-state index contributed by atoms with van der Waals surface area (Å²) in [7, 11) is -1.47. The molecule has 5 nitrogen and oxygen atoms in total. The molecule has 4 N–H and O–H groups in total. The van der Waals surface area contributed by atoms with E-state index in [-0.39, 0.29) is 30.3 Å². The maximum Gasteiger partial charge on any atom is 0.475 e. The highest BCUT2D eigenvalue weighted by molar-refractivity contribution is 6.43. The second kappa shape index (κ2) is 6.36. The molecule has 0 unspecified atom stereocenters. The number of carbonyl (C=O) groups excluding carboxylic acids is 1. The van der Waals surface area contributed by atoms with E-state index in [1.54, 1.807) is 4.90 Å². The number of halogens is 1. The summed E-state index contributed by atoms with van der Waals surface area (Å²) in [6.07, 6.45) is 2.09. The molecule has 0 radical (unpaired) electrons. The number of rotatable bonds is 2. The number of amides is 1. The zero-order valence-electron chi connectivity index (χ0n) is 11.7. The van der Waals surface area contributed by atoms with Crippen LogP contribution in [0, 0.1) is 5.92 Å². The van der Waals surface area contributed by atoms with E-state index in [0.29, 0.717) is 19.4 Å². The van der Waals surface area contributed by atoms with Crippen molar-refractivity contribution in [2.24, 2.45) is 11.7 Å². The van der Waals surface area contributed by atoms with Crippen LogP contribution in [0.3, 0.4) is 0 Å². The molecule has 21 heavy (non-hydrogen) atoms. The molecule has 1 heterocycles. The summed E-state index contributed by atoms with van der Waals surface area (Å²) in [5.74, 6) is -0.825. The first-order chi connectivity index (χ1) is 9.59. The fourth-order valence-corrected chi connectivity index (χ4v) is 3.46. The molecule has 3 atom stereocenters. The van der Waals surface area contributed by atoms with E-state index in [0.717, 1.165) is 17.5 Å². The lowest BCUT2D eigenvalue weighted by Gasteiger charge is -2.28. The zero-order chi connectivity index (χ0) is 14.3. The summed E-state index contributed by atoms with van der Waals surface area (Å²) in [6, 6.07) is 7.56. The predicted octanol–water partition coefficient (Wildman–Crippen LogP) is 0.283. The van der Waals surface area contributed by atoms with E-state index in [2.05, 4.69) is 0 Å². The van der Waals surface area contributed by atoms with Crippen molar-refractivity contribution in [2.75, 3.05) is 6.54 Å². The minimum atomic E-state index is -1.47. The van der Waals surface area contributed by atoms with Gasteiger partial charge in [0, 0.05) is 12.6 Å². The smallest absolute Gasteiger partial charge is 0.426 e. The lowest BCUT2D eigenvalue weighted by molar-refractivity contribution is -0.136. The Bertz CT molecular complexity index is 529. The second-order valence-corrected chi connectivity index (χ2v) is 5.69. The molecule has 1 aromatic carbocycles. The minimum absolute atomic E-state index is 0. The molecule has 1 aliphatic heterocycles. The summed E-state index contributed by atoms with van der Waals surface area (Å²) in [6.45, 7) is 0.584. The Labute approximate surface area is 130 Å². The quantitative estimate of drug-likeness (QED) is 0.685. The van der Waals surface area contributed by atoms with Gasteiger partial charge in [-0.2, -0.15) is 0 Å². The normalized spacial score (nSPS) is 27.2. The molecule has 0 saturated carbocycles. The first kappa shape index (κ1) is 16.3. The molecule has 1 saturated heterocycles. The van der Waals surface area contributed by atoms with E-state index in [1.165, 1.54) is 0 Å². The van der Waals surface area contributed by atoms with Crippen molar-refractivity contribution in [2.45, 2.75) is 31.2 Å². The molecule has 7 heteroatoms. The number of hydrogen-bond acceptors (Lipinski definition) is 4. The zero-order valence-corrected chi connectivity index (χ0v) is 12.5. The van der Waals surface area contributed by atoms with Gasteiger partial charge in [0.1, 0.15) is 0 Å². The van der Waals surface area contributed by atoms with Crippen LogP contribution in [0.2, 0.25) is 0 Å². The third kappa shape index (κ3) is 2.81. The first-order valence-corrected chi connectivity index (χ1v) is 7.09. The summed E-state index contributed by atoms with van der Waals surface area (Å²) in [4.78, 5) is 14.3. The van der Waals surface area contributed by atoms with Crippen molar-refractivity contribution >= 4 is 25.4 Å². The Morgan fingerprint density at radius 1 is 1.33 bits per heavy atom. The maximum atomic E-state index is 12.7. The molecule has 0 spiro atoms. The van der Waals surface area contributed by atoms with Crippen LogP contribution in [0.1, 0.15) is 30.0 Å². The summed E-state index contributed by atoms with van der Waals surface area (Å²) >= 11 is 0. The van der Waals surface area contributed by atoms with E-state index in [9.17, 15) is 14.8 Å². The maximum absolute atomic E-state index is 12.7. The monoisotopic (exact) mass is 310 g/mol. The van der Waals surface area contributed by atoms with Gasteiger partial charge in [-0.05, 0) is 30.4 Å². The fourth-order valence-electron chi connectivity index (χ4n) is 3.46. The van der Waals surface area contributed by atoms with Gasteiger partial charge in [0.05, 0.1) is 11.9 Å². The molecule has 2 aliphatic rings. The van der Waals surface area contributed by atoms with Gasteiger partial charge in [0.2, 0.25) is 5.91 Å². The molecule has 0 bridgehead atoms. The lowest BCUT2D eigenvalue weighted by atomic mass is 9.77. The Morgan fingerprint density at radius 3 is 2.71 bits per heavy atom. The summed E-state index contributed by atoms with van der Waals surface area (Å²) in [5, 5.41) is 18.8. The van der Waals surface area contributed by atoms with Gasteiger partial charge in [-0.3, -0.25) is 4.79 Å². The van der Waals surface area contributed by atoms with Crippen LogP contribution in [-0.4, -0.2) is 40.5 Å². The Morgan fingerprint density at radius 2 is 2.05 bits per heavy atom. The standard InChI is InChI=1S/C14H19BN2O3.ClH/c16-13-10-5-2-1-4-9(10)8-11(13)14(18)17-7-3-6-12(17)15(19)20;/h1-2,4-5,11-13,19-20H,3,6-8,16H2;1H/t11-,12+,13+;/m1./s1. The van der Waals surface area contributed by atoms with Crippen LogP contribution in [0.15, 0.2) is 24.3 Å². The SMILES string of the molecule is Cl.N[C@H]1c2ccccc2C[C@H]1C(=O)N1CCC[C@H]1B(O)O. The number of fused-ring (bicyclic) bond motifs is 1. The van der Waals surface area contributed by atoms with Crippen molar-refractivity contribution in [3.05, 3.63) is 35.4 Å². The van der Waals surface area contributed by atoms with Gasteiger partial charge >= 0.3 is 7.12 Å². The third-order valence-electron chi connectivity index (χ3n) is 4.53.